The highest BCUT2D eigenvalue weighted by Crippen LogP contribution is 2.34. The van der Waals surface area contributed by atoms with Crippen LogP contribution in [0.3, 0.4) is 0 Å². The Morgan fingerprint density at radius 3 is 2.45 bits per heavy atom. The molecule has 2 amide bonds. The minimum Gasteiger partial charge on any atom is -0.494 e. The second-order valence-electron chi connectivity index (χ2n) is 7.13. The van der Waals surface area contributed by atoms with Gasteiger partial charge in [0, 0.05) is 32.7 Å². The Hall–Kier alpha value is -3.20. The molecule has 0 bridgehead atoms. The fourth-order valence-electron chi connectivity index (χ4n) is 3.59. The second-order valence-corrected chi connectivity index (χ2v) is 8.13. The van der Waals surface area contributed by atoms with Crippen LogP contribution in [0, 0.1) is 0 Å². The van der Waals surface area contributed by atoms with Crippen molar-refractivity contribution < 1.29 is 19.0 Å². The molecule has 1 aliphatic rings. The van der Waals surface area contributed by atoms with Gasteiger partial charge in [0.1, 0.15) is 11.3 Å². The lowest BCUT2D eigenvalue weighted by molar-refractivity contribution is 0.194. The Morgan fingerprint density at radius 1 is 1.00 bits per heavy atom. The van der Waals surface area contributed by atoms with Crippen molar-refractivity contribution in [3.05, 3.63) is 42.0 Å². The highest BCUT2D eigenvalue weighted by Gasteiger charge is 2.23. The standard InChI is InChI=1S/C22H26N4O4S/c1-28-16-8-7-15(13-18(16)30-3)14-23-21(27)25-9-11-26(12-10-25)22-24-20-17(29-2)5-4-6-19(20)31-22/h4-8,13H,9-12,14H2,1-3H3,(H,23,27). The average molecular weight is 443 g/mol. The van der Waals surface area contributed by atoms with Crippen molar-refractivity contribution >= 4 is 32.7 Å². The van der Waals surface area contributed by atoms with E-state index in [1.165, 1.54) is 0 Å². The molecule has 0 unspecified atom stereocenters. The number of rotatable bonds is 6. The predicted octanol–water partition coefficient (Wildman–Crippen LogP) is 3.35. The molecule has 0 aliphatic carbocycles. The number of thiazole rings is 1. The number of carbonyl (C=O) groups excluding carboxylic acids is 1. The Kier molecular flexibility index (Phi) is 6.31. The first-order valence-electron chi connectivity index (χ1n) is 10.0. The molecule has 3 aromatic rings. The average Bonchev–Trinajstić information content (AvgIpc) is 3.27. The van der Waals surface area contributed by atoms with Gasteiger partial charge in [0.05, 0.1) is 26.0 Å². The lowest BCUT2D eigenvalue weighted by atomic mass is 10.2. The smallest absolute Gasteiger partial charge is 0.317 e. The number of methoxy groups -OCH3 is 3. The largest absolute Gasteiger partial charge is 0.494 e. The Balaban J connectivity index is 1.33. The number of nitrogens with zero attached hydrogens (tertiary/aromatic N) is 3. The third-order valence-corrected chi connectivity index (χ3v) is 6.40. The number of hydrogen-bond donors (Lipinski definition) is 1. The van der Waals surface area contributed by atoms with Crippen molar-refractivity contribution in [3.63, 3.8) is 0 Å². The van der Waals surface area contributed by atoms with Crippen LogP contribution < -0.4 is 24.4 Å². The molecule has 1 aliphatic heterocycles. The van der Waals surface area contributed by atoms with E-state index in [0.29, 0.717) is 31.1 Å². The van der Waals surface area contributed by atoms with Gasteiger partial charge in [0.25, 0.3) is 0 Å². The number of benzene rings is 2. The molecule has 1 N–H and O–H groups in total. The Bertz CT molecular complexity index is 1060. The summed E-state index contributed by atoms with van der Waals surface area (Å²) >= 11 is 1.65. The maximum atomic E-state index is 12.6. The van der Waals surface area contributed by atoms with Crippen LogP contribution in [0.1, 0.15) is 5.56 Å². The molecular formula is C22H26N4O4S. The maximum Gasteiger partial charge on any atom is 0.317 e. The maximum absolute atomic E-state index is 12.6. The number of piperazine rings is 1. The molecule has 164 valence electrons. The van der Waals surface area contributed by atoms with Crippen LogP contribution >= 0.6 is 11.3 Å². The Morgan fingerprint density at radius 2 is 1.74 bits per heavy atom. The molecule has 1 saturated heterocycles. The lowest BCUT2D eigenvalue weighted by Crippen LogP contribution is -2.51. The normalized spacial score (nSPS) is 13.9. The summed E-state index contributed by atoms with van der Waals surface area (Å²) in [5.74, 6) is 2.10. The molecule has 9 heteroatoms. The Labute approximate surface area is 185 Å². The molecule has 2 aromatic carbocycles. The van der Waals surface area contributed by atoms with E-state index in [4.69, 9.17) is 19.2 Å². The molecule has 0 atom stereocenters. The summed E-state index contributed by atoms with van der Waals surface area (Å²) in [5.41, 5.74) is 1.84. The van der Waals surface area contributed by atoms with Gasteiger partial charge in [-0.05, 0) is 29.8 Å². The lowest BCUT2D eigenvalue weighted by Gasteiger charge is -2.34. The van der Waals surface area contributed by atoms with Crippen LogP contribution in [-0.2, 0) is 6.54 Å². The summed E-state index contributed by atoms with van der Waals surface area (Å²) < 4.78 is 17.1. The van der Waals surface area contributed by atoms with Crippen molar-refractivity contribution in [1.29, 1.82) is 0 Å². The third kappa shape index (κ3) is 4.46. The molecule has 8 nitrogen and oxygen atoms in total. The minimum atomic E-state index is -0.0691. The summed E-state index contributed by atoms with van der Waals surface area (Å²) in [6.07, 6.45) is 0. The minimum absolute atomic E-state index is 0.0691. The van der Waals surface area contributed by atoms with E-state index in [9.17, 15) is 4.79 Å². The topological polar surface area (TPSA) is 76.2 Å². The molecule has 0 saturated carbocycles. The quantitative estimate of drug-likeness (QED) is 0.631. The van der Waals surface area contributed by atoms with Crippen LogP contribution in [0.2, 0.25) is 0 Å². The fourth-order valence-corrected chi connectivity index (χ4v) is 4.63. The SMILES string of the molecule is COc1ccc(CNC(=O)N2CCN(c3nc4c(OC)cccc4s3)CC2)cc1OC. The third-order valence-electron chi connectivity index (χ3n) is 5.32. The van der Waals surface area contributed by atoms with Crippen LogP contribution in [-0.4, -0.2) is 63.4 Å². The number of amides is 2. The van der Waals surface area contributed by atoms with E-state index < -0.39 is 0 Å². The number of carbonyl (C=O) groups is 1. The van der Waals surface area contributed by atoms with Gasteiger partial charge in [-0.15, -0.1) is 0 Å². The number of nitrogens with one attached hydrogen (secondary N) is 1. The van der Waals surface area contributed by atoms with Crippen molar-refractivity contribution in [3.8, 4) is 17.2 Å². The fraction of sp³-hybridized carbons (Fsp3) is 0.364. The van der Waals surface area contributed by atoms with Gasteiger partial charge in [0.15, 0.2) is 16.6 Å². The summed E-state index contributed by atoms with van der Waals surface area (Å²) in [7, 11) is 4.86. The molecule has 0 radical (unpaired) electrons. The van der Waals surface area contributed by atoms with Crippen molar-refractivity contribution in [2.24, 2.45) is 0 Å². The van der Waals surface area contributed by atoms with E-state index in [1.807, 2.05) is 35.2 Å². The number of ether oxygens (including phenoxy) is 3. The van der Waals surface area contributed by atoms with Crippen LogP contribution in [0.25, 0.3) is 10.2 Å². The highest BCUT2D eigenvalue weighted by atomic mass is 32.1. The first-order chi connectivity index (χ1) is 15.1. The van der Waals surface area contributed by atoms with Crippen LogP contribution in [0.5, 0.6) is 17.2 Å². The first-order valence-corrected chi connectivity index (χ1v) is 10.9. The zero-order chi connectivity index (χ0) is 21.8. The number of anilines is 1. The van der Waals surface area contributed by atoms with Crippen LogP contribution in [0.15, 0.2) is 36.4 Å². The zero-order valence-electron chi connectivity index (χ0n) is 17.9. The number of para-hydroxylation sites is 1. The van der Waals surface area contributed by atoms with Gasteiger partial charge in [-0.3, -0.25) is 0 Å². The monoisotopic (exact) mass is 442 g/mol. The number of urea groups is 1. The van der Waals surface area contributed by atoms with Crippen molar-refractivity contribution in [2.45, 2.75) is 6.54 Å². The van der Waals surface area contributed by atoms with E-state index in [1.54, 1.807) is 32.7 Å². The molecule has 31 heavy (non-hydrogen) atoms. The molecular weight excluding hydrogens is 416 g/mol. The van der Waals surface area contributed by atoms with Crippen molar-refractivity contribution in [1.82, 2.24) is 15.2 Å². The van der Waals surface area contributed by atoms with Gasteiger partial charge in [-0.2, -0.15) is 0 Å². The summed E-state index contributed by atoms with van der Waals surface area (Å²) in [4.78, 5) is 21.5. The van der Waals surface area contributed by atoms with Crippen LogP contribution in [0.4, 0.5) is 9.93 Å². The highest BCUT2D eigenvalue weighted by molar-refractivity contribution is 7.22. The molecule has 4 rings (SSSR count). The summed E-state index contributed by atoms with van der Waals surface area (Å²) in [6, 6.07) is 11.5. The predicted molar refractivity (Wildman–Crippen MR) is 122 cm³/mol. The summed E-state index contributed by atoms with van der Waals surface area (Å²) in [6.45, 7) is 3.20. The van der Waals surface area contributed by atoms with E-state index in [-0.39, 0.29) is 6.03 Å². The molecule has 2 heterocycles. The molecule has 1 aromatic heterocycles. The van der Waals surface area contributed by atoms with E-state index >= 15 is 0 Å². The second kappa shape index (κ2) is 9.30. The first kappa shape index (κ1) is 21.0. The summed E-state index contributed by atoms with van der Waals surface area (Å²) in [5, 5.41) is 3.95. The molecule has 1 fully saturated rings. The number of fused-ring (bicyclic) bond motifs is 1. The van der Waals surface area contributed by atoms with Gasteiger partial charge in [-0.25, -0.2) is 9.78 Å². The van der Waals surface area contributed by atoms with Gasteiger partial charge in [-0.1, -0.05) is 23.5 Å². The number of hydrogen-bond acceptors (Lipinski definition) is 7. The van der Waals surface area contributed by atoms with Gasteiger partial charge >= 0.3 is 6.03 Å². The van der Waals surface area contributed by atoms with Gasteiger partial charge < -0.3 is 29.3 Å². The van der Waals surface area contributed by atoms with Crippen molar-refractivity contribution in [2.75, 3.05) is 52.4 Å². The van der Waals surface area contributed by atoms with E-state index in [0.717, 1.165) is 39.8 Å². The molecule has 0 spiro atoms. The number of aromatic nitrogens is 1. The van der Waals surface area contributed by atoms with E-state index in [2.05, 4.69) is 16.3 Å². The zero-order valence-corrected chi connectivity index (χ0v) is 18.7. The van der Waals surface area contributed by atoms with Gasteiger partial charge in [0.2, 0.25) is 0 Å².